The van der Waals surface area contributed by atoms with Crippen LogP contribution in [0, 0.1) is 6.92 Å². The summed E-state index contributed by atoms with van der Waals surface area (Å²) in [6.07, 6.45) is 0. The summed E-state index contributed by atoms with van der Waals surface area (Å²) in [6.45, 7) is 8.54. The van der Waals surface area contributed by atoms with Crippen LogP contribution in [0.1, 0.15) is 53.9 Å². The van der Waals surface area contributed by atoms with Gasteiger partial charge in [0.2, 0.25) is 0 Å². The number of aryl methyl sites for hydroxylation is 1. The summed E-state index contributed by atoms with van der Waals surface area (Å²) in [5, 5.41) is 4.18. The van der Waals surface area contributed by atoms with E-state index in [2.05, 4.69) is 47.8 Å². The highest BCUT2D eigenvalue weighted by Crippen LogP contribution is 2.25. The molecule has 1 aromatic carbocycles. The molecule has 2 aromatic rings. The molecule has 0 aliphatic carbocycles. The second kappa shape index (κ2) is 6.18. The molecule has 0 spiro atoms. The predicted octanol–water partition coefficient (Wildman–Crippen LogP) is 4.39. The van der Waals surface area contributed by atoms with Gasteiger partial charge in [0, 0.05) is 6.54 Å². The predicted molar refractivity (Wildman–Crippen MR) is 84.7 cm³/mol. The Hall–Kier alpha value is -1.68. The van der Waals surface area contributed by atoms with E-state index in [4.69, 9.17) is 0 Å². The normalized spacial score (nSPS) is 10.8. The van der Waals surface area contributed by atoms with Crippen molar-refractivity contribution in [2.24, 2.45) is 0 Å². The standard InChI is InChI=1S/C16H20N2OS/c1-10(2)14-7-5-13(6-8-14)9-17-16-15(12(4)19)11(3)18-20-16/h5-8,10,17H,9H2,1-4H3. The van der Waals surface area contributed by atoms with Crippen molar-refractivity contribution in [2.75, 3.05) is 5.32 Å². The van der Waals surface area contributed by atoms with Crippen molar-refractivity contribution < 1.29 is 4.79 Å². The van der Waals surface area contributed by atoms with Crippen LogP contribution in [0.5, 0.6) is 0 Å². The first-order chi connectivity index (χ1) is 9.49. The monoisotopic (exact) mass is 288 g/mol. The molecule has 1 aromatic heterocycles. The third-order valence-electron chi connectivity index (χ3n) is 3.31. The Morgan fingerprint density at radius 2 is 1.95 bits per heavy atom. The highest BCUT2D eigenvalue weighted by atomic mass is 32.1. The van der Waals surface area contributed by atoms with Gasteiger partial charge in [0.15, 0.2) is 5.78 Å². The van der Waals surface area contributed by atoms with E-state index < -0.39 is 0 Å². The first-order valence-corrected chi connectivity index (χ1v) is 7.56. The minimum absolute atomic E-state index is 0.0638. The van der Waals surface area contributed by atoms with E-state index in [1.165, 1.54) is 22.7 Å². The number of aromatic nitrogens is 1. The Morgan fingerprint density at radius 1 is 1.30 bits per heavy atom. The lowest BCUT2D eigenvalue weighted by atomic mass is 10.0. The van der Waals surface area contributed by atoms with Crippen molar-refractivity contribution in [2.45, 2.75) is 40.2 Å². The number of rotatable bonds is 5. The van der Waals surface area contributed by atoms with Gasteiger partial charge in [-0.05, 0) is 42.4 Å². The van der Waals surface area contributed by atoms with E-state index in [-0.39, 0.29) is 5.78 Å². The van der Waals surface area contributed by atoms with Crippen LogP contribution in [-0.2, 0) is 6.54 Å². The molecule has 0 aliphatic heterocycles. The minimum atomic E-state index is 0.0638. The summed E-state index contributed by atoms with van der Waals surface area (Å²) in [4.78, 5) is 11.6. The zero-order chi connectivity index (χ0) is 14.7. The summed E-state index contributed by atoms with van der Waals surface area (Å²) in [5.41, 5.74) is 4.07. The molecular formula is C16H20N2OS. The number of nitrogens with one attached hydrogen (secondary N) is 1. The number of nitrogens with zero attached hydrogens (tertiary/aromatic N) is 1. The second-order valence-corrected chi connectivity index (χ2v) is 6.05. The molecule has 0 unspecified atom stereocenters. The molecule has 106 valence electrons. The van der Waals surface area contributed by atoms with Gasteiger partial charge in [0.1, 0.15) is 5.00 Å². The topological polar surface area (TPSA) is 42.0 Å². The molecular weight excluding hydrogens is 268 g/mol. The number of ketones is 1. The van der Waals surface area contributed by atoms with Crippen LogP contribution in [0.25, 0.3) is 0 Å². The molecule has 0 atom stereocenters. The molecule has 20 heavy (non-hydrogen) atoms. The number of carbonyl (C=O) groups is 1. The van der Waals surface area contributed by atoms with Crippen LogP contribution in [0.2, 0.25) is 0 Å². The quantitative estimate of drug-likeness (QED) is 0.830. The fourth-order valence-corrected chi connectivity index (χ4v) is 2.95. The number of hydrogen-bond donors (Lipinski definition) is 1. The lowest BCUT2D eigenvalue weighted by Gasteiger charge is -2.08. The molecule has 0 saturated carbocycles. The number of anilines is 1. The van der Waals surface area contributed by atoms with Gasteiger partial charge < -0.3 is 5.32 Å². The fourth-order valence-electron chi connectivity index (χ4n) is 2.11. The van der Waals surface area contributed by atoms with Crippen LogP contribution >= 0.6 is 11.5 Å². The SMILES string of the molecule is CC(=O)c1c(C)nsc1NCc1ccc(C(C)C)cc1. The molecule has 0 fully saturated rings. The van der Waals surface area contributed by atoms with Gasteiger partial charge in [-0.2, -0.15) is 4.37 Å². The first kappa shape index (κ1) is 14.7. The largest absolute Gasteiger partial charge is 0.371 e. The third kappa shape index (κ3) is 3.25. The van der Waals surface area contributed by atoms with Crippen molar-refractivity contribution in [1.29, 1.82) is 0 Å². The van der Waals surface area contributed by atoms with Crippen LogP contribution in [0.3, 0.4) is 0 Å². The first-order valence-electron chi connectivity index (χ1n) is 6.79. The van der Waals surface area contributed by atoms with Crippen LogP contribution in [0.15, 0.2) is 24.3 Å². The maximum absolute atomic E-state index is 11.6. The second-order valence-electron chi connectivity index (χ2n) is 5.28. The molecule has 2 rings (SSSR count). The average molecular weight is 288 g/mol. The van der Waals surface area contributed by atoms with Gasteiger partial charge >= 0.3 is 0 Å². The van der Waals surface area contributed by atoms with Crippen molar-refractivity contribution in [1.82, 2.24) is 4.37 Å². The van der Waals surface area contributed by atoms with Crippen LogP contribution in [0.4, 0.5) is 5.00 Å². The number of carbonyl (C=O) groups excluding carboxylic acids is 1. The highest BCUT2D eigenvalue weighted by Gasteiger charge is 2.14. The van der Waals surface area contributed by atoms with Crippen LogP contribution in [-0.4, -0.2) is 10.2 Å². The van der Waals surface area contributed by atoms with Crippen molar-refractivity contribution >= 4 is 22.3 Å². The van der Waals surface area contributed by atoms with Crippen molar-refractivity contribution in [3.8, 4) is 0 Å². The zero-order valence-corrected chi connectivity index (χ0v) is 13.2. The van der Waals surface area contributed by atoms with Crippen molar-refractivity contribution in [3.63, 3.8) is 0 Å². The Balaban J connectivity index is 2.07. The average Bonchev–Trinajstić information content (AvgIpc) is 2.78. The molecule has 0 radical (unpaired) electrons. The lowest BCUT2D eigenvalue weighted by molar-refractivity contribution is 0.101. The van der Waals surface area contributed by atoms with E-state index in [0.717, 1.165) is 10.7 Å². The van der Waals surface area contributed by atoms with Gasteiger partial charge in [0.05, 0.1) is 11.3 Å². The van der Waals surface area contributed by atoms with Crippen LogP contribution < -0.4 is 5.32 Å². The van der Waals surface area contributed by atoms with Gasteiger partial charge in [-0.15, -0.1) is 0 Å². The van der Waals surface area contributed by atoms with Gasteiger partial charge in [-0.3, -0.25) is 4.79 Å². The van der Waals surface area contributed by atoms with Crippen molar-refractivity contribution in [3.05, 3.63) is 46.6 Å². The molecule has 0 saturated heterocycles. The van der Waals surface area contributed by atoms with Gasteiger partial charge in [0.25, 0.3) is 0 Å². The summed E-state index contributed by atoms with van der Waals surface area (Å²) in [7, 11) is 0. The molecule has 4 heteroatoms. The lowest BCUT2D eigenvalue weighted by Crippen LogP contribution is -2.03. The molecule has 0 aliphatic rings. The summed E-state index contributed by atoms with van der Waals surface area (Å²) >= 11 is 1.35. The summed E-state index contributed by atoms with van der Waals surface area (Å²) in [5.74, 6) is 0.611. The molecule has 3 nitrogen and oxygen atoms in total. The van der Waals surface area contributed by atoms with Gasteiger partial charge in [-0.25, -0.2) is 0 Å². The van der Waals surface area contributed by atoms with Gasteiger partial charge in [-0.1, -0.05) is 38.1 Å². The summed E-state index contributed by atoms with van der Waals surface area (Å²) < 4.78 is 4.25. The Bertz CT molecular complexity index is 599. The maximum Gasteiger partial charge on any atom is 0.164 e. The zero-order valence-electron chi connectivity index (χ0n) is 12.4. The Morgan fingerprint density at radius 3 is 2.50 bits per heavy atom. The van der Waals surface area contributed by atoms with E-state index >= 15 is 0 Å². The highest BCUT2D eigenvalue weighted by molar-refractivity contribution is 7.10. The maximum atomic E-state index is 11.6. The minimum Gasteiger partial charge on any atom is -0.371 e. The van der Waals surface area contributed by atoms with E-state index in [0.29, 0.717) is 18.0 Å². The van der Waals surface area contributed by atoms with E-state index in [1.807, 2.05) is 6.92 Å². The number of Topliss-reactive ketones (excluding diaryl/α,β-unsaturated/α-hetero) is 1. The van der Waals surface area contributed by atoms with E-state index in [9.17, 15) is 4.79 Å². The molecule has 0 bridgehead atoms. The third-order valence-corrected chi connectivity index (χ3v) is 4.21. The molecule has 1 N–H and O–H groups in total. The fraction of sp³-hybridized carbons (Fsp3) is 0.375. The molecule has 1 heterocycles. The van der Waals surface area contributed by atoms with E-state index in [1.54, 1.807) is 6.92 Å². The Kier molecular flexibility index (Phi) is 4.55. The number of benzene rings is 1. The molecule has 0 amide bonds. The Labute approximate surface area is 124 Å². The summed E-state index contributed by atoms with van der Waals surface area (Å²) in [6, 6.07) is 8.57. The number of hydrogen-bond acceptors (Lipinski definition) is 4. The smallest absolute Gasteiger partial charge is 0.164 e.